The average Bonchev–Trinajstić information content (AvgIpc) is 3.10. The van der Waals surface area contributed by atoms with Crippen molar-refractivity contribution in [2.24, 2.45) is 22.7 Å². The molecule has 2 bridgehead atoms. The topological polar surface area (TPSA) is 86.0 Å². The summed E-state index contributed by atoms with van der Waals surface area (Å²) in [5.41, 5.74) is -1.91. The van der Waals surface area contributed by atoms with Crippen molar-refractivity contribution in [2.45, 2.75) is 50.9 Å². The van der Waals surface area contributed by atoms with Gasteiger partial charge in [0, 0.05) is 16.9 Å². The zero-order chi connectivity index (χ0) is 18.3. The maximum Gasteiger partial charge on any atom is 0.343 e. The number of hydrogen-bond donors (Lipinski definition) is 1. The van der Waals surface area contributed by atoms with E-state index in [1.807, 2.05) is 13.0 Å². The summed E-state index contributed by atoms with van der Waals surface area (Å²) in [6.45, 7) is 4.04. The molecule has 0 spiro atoms. The van der Waals surface area contributed by atoms with E-state index in [2.05, 4.69) is 6.92 Å². The van der Waals surface area contributed by atoms with Gasteiger partial charge in [-0.25, -0.2) is 4.79 Å². The normalized spacial score (nSPS) is 49.2. The van der Waals surface area contributed by atoms with Crippen LogP contribution in [0.1, 0.15) is 44.8 Å². The van der Waals surface area contributed by atoms with Gasteiger partial charge in [-0.1, -0.05) is 13.8 Å². The number of rotatable bonds is 1. The number of cyclic esters (lactones) is 1. The SMILES string of the molecule is C[C@@]12C[C@@H](c3ccoc3)OC(=O)[C@@H]1CC[C@]1(C)[C@H]2[C@H]2C=C[C@]1(O)C(=O)O2. The van der Waals surface area contributed by atoms with Crippen molar-refractivity contribution in [1.29, 1.82) is 0 Å². The zero-order valence-corrected chi connectivity index (χ0v) is 14.8. The van der Waals surface area contributed by atoms with Crippen molar-refractivity contribution in [3.63, 3.8) is 0 Å². The lowest BCUT2D eigenvalue weighted by atomic mass is 9.42. The predicted molar refractivity (Wildman–Crippen MR) is 88.6 cm³/mol. The number of fused-ring (bicyclic) bond motifs is 2. The van der Waals surface area contributed by atoms with Crippen molar-refractivity contribution in [1.82, 2.24) is 0 Å². The molecule has 7 atom stereocenters. The summed E-state index contributed by atoms with van der Waals surface area (Å²) in [5, 5.41) is 11.2. The number of esters is 2. The van der Waals surface area contributed by atoms with E-state index < -0.39 is 28.5 Å². The minimum atomic E-state index is -1.63. The summed E-state index contributed by atoms with van der Waals surface area (Å²) in [4.78, 5) is 25.2. The highest BCUT2D eigenvalue weighted by Gasteiger charge is 2.72. The quantitative estimate of drug-likeness (QED) is 0.613. The Morgan fingerprint density at radius 3 is 2.73 bits per heavy atom. The first-order chi connectivity index (χ1) is 12.3. The Morgan fingerprint density at radius 2 is 2.04 bits per heavy atom. The highest BCUT2D eigenvalue weighted by molar-refractivity contribution is 5.86. The number of carbonyl (C=O) groups excluding carboxylic acids is 2. The van der Waals surface area contributed by atoms with Crippen LogP contribution in [0.25, 0.3) is 0 Å². The Balaban J connectivity index is 1.61. The molecule has 0 unspecified atom stereocenters. The van der Waals surface area contributed by atoms with Crippen molar-refractivity contribution < 1.29 is 28.6 Å². The first kappa shape index (κ1) is 16.1. The van der Waals surface area contributed by atoms with Crippen LogP contribution in [0.2, 0.25) is 0 Å². The van der Waals surface area contributed by atoms with Gasteiger partial charge in [0.25, 0.3) is 0 Å². The molecule has 2 aliphatic carbocycles. The van der Waals surface area contributed by atoms with E-state index in [4.69, 9.17) is 13.9 Å². The molecule has 1 saturated carbocycles. The fraction of sp³-hybridized carbons (Fsp3) is 0.600. The standard InChI is InChI=1S/C20H22O6/c1-18-9-14(11-5-8-24-10-11)25-16(21)12(18)3-6-19(2)15(18)13-4-7-20(19,23)17(22)26-13/h4-5,7-8,10,12-15,23H,3,6,9H2,1-2H3/t12-,13+,14-,15-,18+,19+,20-/m0/s1. The Morgan fingerprint density at radius 1 is 1.23 bits per heavy atom. The largest absolute Gasteiger partial charge is 0.472 e. The first-order valence-electron chi connectivity index (χ1n) is 9.15. The predicted octanol–water partition coefficient (Wildman–Crippen LogP) is 2.53. The second-order valence-corrected chi connectivity index (χ2v) is 8.67. The van der Waals surface area contributed by atoms with E-state index in [1.54, 1.807) is 24.7 Å². The van der Waals surface area contributed by atoms with Gasteiger partial charge in [-0.05, 0) is 42.9 Å². The molecule has 6 nitrogen and oxygen atoms in total. The minimum absolute atomic E-state index is 0.149. The molecular weight excluding hydrogens is 336 g/mol. The fourth-order valence-corrected chi connectivity index (χ4v) is 6.16. The highest BCUT2D eigenvalue weighted by atomic mass is 16.6. The van der Waals surface area contributed by atoms with Crippen molar-refractivity contribution in [3.8, 4) is 0 Å². The van der Waals surface area contributed by atoms with Gasteiger partial charge in [-0.15, -0.1) is 0 Å². The number of carbonyl (C=O) groups is 2. The Hall–Kier alpha value is -2.08. The van der Waals surface area contributed by atoms with Gasteiger partial charge in [0.05, 0.1) is 18.4 Å². The fourth-order valence-electron chi connectivity index (χ4n) is 6.16. The van der Waals surface area contributed by atoms with Crippen LogP contribution in [0.5, 0.6) is 0 Å². The van der Waals surface area contributed by atoms with Crippen LogP contribution in [-0.4, -0.2) is 28.8 Å². The highest BCUT2D eigenvalue weighted by Crippen LogP contribution is 2.67. The van der Waals surface area contributed by atoms with E-state index in [0.717, 1.165) is 5.56 Å². The van der Waals surface area contributed by atoms with E-state index in [1.165, 1.54) is 0 Å². The van der Waals surface area contributed by atoms with Crippen LogP contribution in [0.4, 0.5) is 0 Å². The van der Waals surface area contributed by atoms with Gasteiger partial charge in [-0.2, -0.15) is 0 Å². The summed E-state index contributed by atoms with van der Waals surface area (Å²) in [6, 6.07) is 1.81. The number of aliphatic hydroxyl groups is 1. The Bertz CT molecular complexity index is 812. The van der Waals surface area contributed by atoms with Gasteiger partial charge in [0.1, 0.15) is 12.2 Å². The molecular formula is C20H22O6. The summed E-state index contributed by atoms with van der Waals surface area (Å²) in [5.74, 6) is -1.20. The molecule has 0 aromatic carbocycles. The van der Waals surface area contributed by atoms with E-state index >= 15 is 0 Å². The lowest BCUT2D eigenvalue weighted by molar-refractivity contribution is -0.259. The third-order valence-electron chi connectivity index (χ3n) is 7.51. The second-order valence-electron chi connectivity index (χ2n) is 8.67. The van der Waals surface area contributed by atoms with Crippen molar-refractivity contribution in [3.05, 3.63) is 36.3 Å². The van der Waals surface area contributed by atoms with Crippen molar-refractivity contribution in [2.75, 3.05) is 0 Å². The molecule has 138 valence electrons. The maximum atomic E-state index is 12.8. The summed E-state index contributed by atoms with van der Waals surface area (Å²) in [7, 11) is 0. The third-order valence-corrected chi connectivity index (χ3v) is 7.51. The molecule has 6 heteroatoms. The number of furan rings is 1. The maximum absolute atomic E-state index is 12.8. The molecule has 3 aliphatic heterocycles. The van der Waals surface area contributed by atoms with E-state index in [9.17, 15) is 14.7 Å². The van der Waals surface area contributed by atoms with Gasteiger partial charge >= 0.3 is 11.9 Å². The van der Waals surface area contributed by atoms with Crippen LogP contribution < -0.4 is 0 Å². The molecule has 0 amide bonds. The monoisotopic (exact) mass is 358 g/mol. The van der Waals surface area contributed by atoms with Gasteiger partial charge in [-0.3, -0.25) is 4.79 Å². The summed E-state index contributed by atoms with van der Waals surface area (Å²) >= 11 is 0. The first-order valence-corrected chi connectivity index (χ1v) is 9.15. The van der Waals surface area contributed by atoms with Crippen LogP contribution >= 0.6 is 0 Å². The molecule has 1 aromatic rings. The molecule has 1 aromatic heterocycles. The van der Waals surface area contributed by atoms with Gasteiger partial charge in [0.2, 0.25) is 0 Å². The second kappa shape index (κ2) is 4.80. The average molecular weight is 358 g/mol. The lowest BCUT2D eigenvalue weighted by Crippen LogP contribution is -2.72. The molecule has 1 N–H and O–H groups in total. The third kappa shape index (κ3) is 1.71. The van der Waals surface area contributed by atoms with Gasteiger partial charge in [0.15, 0.2) is 5.60 Å². The van der Waals surface area contributed by atoms with Gasteiger partial charge < -0.3 is 19.0 Å². The lowest BCUT2D eigenvalue weighted by Gasteiger charge is -2.65. The van der Waals surface area contributed by atoms with Crippen LogP contribution in [-0.2, 0) is 19.1 Å². The van der Waals surface area contributed by atoms with Crippen LogP contribution in [0.3, 0.4) is 0 Å². The molecule has 3 fully saturated rings. The smallest absolute Gasteiger partial charge is 0.343 e. The van der Waals surface area contributed by atoms with E-state index in [-0.39, 0.29) is 23.9 Å². The molecule has 6 rings (SSSR count). The summed E-state index contributed by atoms with van der Waals surface area (Å²) in [6.07, 6.45) is 7.52. The summed E-state index contributed by atoms with van der Waals surface area (Å²) < 4.78 is 16.4. The Labute approximate surface area is 151 Å². The Kier molecular flexibility index (Phi) is 2.97. The van der Waals surface area contributed by atoms with Crippen molar-refractivity contribution >= 4 is 11.9 Å². The molecule has 0 radical (unpaired) electrons. The minimum Gasteiger partial charge on any atom is -0.472 e. The molecule has 4 heterocycles. The molecule has 26 heavy (non-hydrogen) atoms. The number of ether oxygens (including phenoxy) is 2. The molecule has 5 aliphatic rings. The van der Waals surface area contributed by atoms with Crippen LogP contribution in [0, 0.1) is 22.7 Å². The van der Waals surface area contributed by atoms with Crippen LogP contribution in [0.15, 0.2) is 35.2 Å². The zero-order valence-electron chi connectivity index (χ0n) is 14.8. The molecule has 2 saturated heterocycles. The van der Waals surface area contributed by atoms with E-state index in [0.29, 0.717) is 19.3 Å². The number of hydrogen-bond acceptors (Lipinski definition) is 6.